The van der Waals surface area contributed by atoms with E-state index in [9.17, 15) is 4.79 Å². The van der Waals surface area contributed by atoms with Crippen LogP contribution in [-0.2, 0) is 0 Å². The van der Waals surface area contributed by atoms with Crippen molar-refractivity contribution in [2.45, 2.75) is 13.8 Å². The van der Waals surface area contributed by atoms with Gasteiger partial charge in [0, 0.05) is 36.9 Å². The Bertz CT molecular complexity index is 948. The molecular weight excluding hydrogens is 368 g/mol. The lowest BCUT2D eigenvalue weighted by atomic mass is 9.91. The summed E-state index contributed by atoms with van der Waals surface area (Å²) in [5, 5.41) is 0. The van der Waals surface area contributed by atoms with Crippen LogP contribution in [0.15, 0.2) is 35.9 Å². The summed E-state index contributed by atoms with van der Waals surface area (Å²) in [6.07, 6.45) is 1.87. The molecule has 1 heterocycles. The van der Waals surface area contributed by atoms with Gasteiger partial charge in [0.05, 0.1) is 18.5 Å². The predicted octanol–water partition coefficient (Wildman–Crippen LogP) is 4.04. The molecular formula is C23H28N2O4. The van der Waals surface area contributed by atoms with Crippen LogP contribution in [0.25, 0.3) is 6.08 Å². The third-order valence-corrected chi connectivity index (χ3v) is 4.86. The highest BCUT2D eigenvalue weighted by Crippen LogP contribution is 2.38. The molecule has 0 spiro atoms. The second-order valence-corrected chi connectivity index (χ2v) is 7.49. The second-order valence-electron chi connectivity index (χ2n) is 7.49. The number of ketones is 1. The van der Waals surface area contributed by atoms with Crippen molar-refractivity contribution in [2.24, 2.45) is 5.92 Å². The first-order chi connectivity index (χ1) is 13.8. The summed E-state index contributed by atoms with van der Waals surface area (Å²) < 4.78 is 16.8. The number of Topliss-reactive ketones (excluding diaryl/α,β-unsaturated/α-hetero) is 1. The Balaban J connectivity index is 2.05. The number of hydrogen-bond donors (Lipinski definition) is 1. The zero-order valence-corrected chi connectivity index (χ0v) is 17.6. The second kappa shape index (κ2) is 8.47. The normalized spacial score (nSPS) is 13.4. The van der Waals surface area contributed by atoms with Crippen LogP contribution in [-0.4, -0.2) is 40.2 Å². The van der Waals surface area contributed by atoms with Gasteiger partial charge in [0.25, 0.3) is 0 Å². The number of carbonyl (C=O) groups is 1. The molecule has 0 unspecified atom stereocenters. The molecule has 3 rings (SSSR count). The minimum absolute atomic E-state index is 0.0146. The molecule has 2 N–H and O–H groups in total. The Morgan fingerprint density at radius 1 is 1.14 bits per heavy atom. The monoisotopic (exact) mass is 396 g/mol. The van der Waals surface area contributed by atoms with Crippen molar-refractivity contribution in [3.63, 3.8) is 0 Å². The van der Waals surface area contributed by atoms with Crippen molar-refractivity contribution in [3.8, 4) is 17.2 Å². The third-order valence-electron chi connectivity index (χ3n) is 4.86. The highest BCUT2D eigenvalue weighted by molar-refractivity contribution is 6.12. The van der Waals surface area contributed by atoms with Crippen molar-refractivity contribution in [1.29, 1.82) is 0 Å². The zero-order valence-electron chi connectivity index (χ0n) is 17.6. The van der Waals surface area contributed by atoms with Gasteiger partial charge in [0.1, 0.15) is 19.0 Å². The highest BCUT2D eigenvalue weighted by Gasteiger charge is 2.20. The smallest absolute Gasteiger partial charge is 0.189 e. The van der Waals surface area contributed by atoms with E-state index in [0.717, 1.165) is 11.3 Å². The van der Waals surface area contributed by atoms with Gasteiger partial charge in [-0.1, -0.05) is 13.8 Å². The lowest BCUT2D eigenvalue weighted by Crippen LogP contribution is -2.16. The first-order valence-electron chi connectivity index (χ1n) is 9.62. The molecule has 1 aliphatic heterocycles. The Morgan fingerprint density at radius 3 is 2.38 bits per heavy atom. The Hall–Kier alpha value is -3.15. The Labute approximate surface area is 171 Å². The number of ether oxygens (including phenoxy) is 3. The number of nitrogens with zero attached hydrogens (tertiary/aromatic N) is 1. The molecule has 2 aromatic rings. The summed E-state index contributed by atoms with van der Waals surface area (Å²) in [6, 6.07) is 9.02. The molecule has 0 fully saturated rings. The van der Waals surface area contributed by atoms with E-state index in [1.807, 2.05) is 51.1 Å². The number of fused-ring (bicyclic) bond motifs is 1. The number of carbonyl (C=O) groups excluding carboxylic acids is 1. The van der Waals surface area contributed by atoms with Crippen LogP contribution in [0.3, 0.4) is 0 Å². The highest BCUT2D eigenvalue weighted by atomic mass is 16.6. The number of hydrogen-bond acceptors (Lipinski definition) is 6. The topological polar surface area (TPSA) is 74.0 Å². The lowest BCUT2D eigenvalue weighted by molar-refractivity contribution is 0.102. The quantitative estimate of drug-likeness (QED) is 0.451. The molecule has 0 saturated carbocycles. The predicted molar refractivity (Wildman–Crippen MR) is 116 cm³/mol. The van der Waals surface area contributed by atoms with Gasteiger partial charge >= 0.3 is 0 Å². The van der Waals surface area contributed by atoms with Gasteiger partial charge in [-0.25, -0.2) is 0 Å². The Kier molecular flexibility index (Phi) is 6.01. The summed E-state index contributed by atoms with van der Waals surface area (Å²) >= 11 is 0. The van der Waals surface area contributed by atoms with Gasteiger partial charge in [-0.15, -0.1) is 0 Å². The van der Waals surface area contributed by atoms with Gasteiger partial charge in [-0.2, -0.15) is 0 Å². The fourth-order valence-electron chi connectivity index (χ4n) is 3.28. The molecule has 6 nitrogen and oxygen atoms in total. The average molecular weight is 396 g/mol. The van der Waals surface area contributed by atoms with Gasteiger partial charge in [-0.05, 0) is 36.3 Å². The number of nitrogen functional groups attached to an aromatic ring is 1. The van der Waals surface area contributed by atoms with Crippen LogP contribution in [0.1, 0.15) is 29.8 Å². The lowest BCUT2D eigenvalue weighted by Gasteiger charge is -2.21. The minimum atomic E-state index is -0.0416. The number of benzene rings is 2. The summed E-state index contributed by atoms with van der Waals surface area (Å²) in [4.78, 5) is 15.2. The maximum Gasteiger partial charge on any atom is 0.189 e. The van der Waals surface area contributed by atoms with E-state index in [0.29, 0.717) is 47.3 Å². The number of allylic oxidation sites excluding steroid dienone is 1. The van der Waals surface area contributed by atoms with E-state index in [1.165, 1.54) is 0 Å². The molecule has 1 aliphatic rings. The van der Waals surface area contributed by atoms with Crippen LogP contribution in [0.4, 0.5) is 11.4 Å². The number of anilines is 2. The fourth-order valence-corrected chi connectivity index (χ4v) is 3.28. The van der Waals surface area contributed by atoms with Crippen molar-refractivity contribution in [2.75, 3.05) is 45.1 Å². The summed E-state index contributed by atoms with van der Waals surface area (Å²) in [6.45, 7) is 5.00. The van der Waals surface area contributed by atoms with Gasteiger partial charge in [0.2, 0.25) is 0 Å². The SMILES string of the molecule is COc1cc2c(cc1/C=C(/C(=O)c1ccc(N)c(N(C)C)c1)C(C)C)OCCO2. The molecule has 0 bridgehead atoms. The van der Waals surface area contributed by atoms with E-state index in [4.69, 9.17) is 19.9 Å². The van der Waals surface area contributed by atoms with Crippen molar-refractivity contribution < 1.29 is 19.0 Å². The van der Waals surface area contributed by atoms with Crippen molar-refractivity contribution >= 4 is 23.2 Å². The maximum absolute atomic E-state index is 13.3. The molecule has 0 amide bonds. The molecule has 0 radical (unpaired) electrons. The molecule has 0 saturated heterocycles. The summed E-state index contributed by atoms with van der Waals surface area (Å²) in [5.41, 5.74) is 9.54. The molecule has 29 heavy (non-hydrogen) atoms. The van der Waals surface area contributed by atoms with Gasteiger partial charge in [0.15, 0.2) is 17.3 Å². The van der Waals surface area contributed by atoms with Gasteiger partial charge in [-0.3, -0.25) is 4.79 Å². The van der Waals surface area contributed by atoms with Crippen LogP contribution in [0, 0.1) is 5.92 Å². The molecule has 0 aliphatic carbocycles. The average Bonchev–Trinajstić information content (AvgIpc) is 2.70. The first kappa shape index (κ1) is 20.6. The van der Waals surface area contributed by atoms with E-state index in [1.54, 1.807) is 25.3 Å². The molecule has 0 aromatic heterocycles. The van der Waals surface area contributed by atoms with Crippen LogP contribution < -0.4 is 24.8 Å². The third kappa shape index (κ3) is 4.31. The maximum atomic E-state index is 13.3. The largest absolute Gasteiger partial charge is 0.496 e. The minimum Gasteiger partial charge on any atom is -0.496 e. The zero-order chi connectivity index (χ0) is 21.1. The molecule has 0 atom stereocenters. The van der Waals surface area contributed by atoms with E-state index in [-0.39, 0.29) is 11.7 Å². The van der Waals surface area contributed by atoms with E-state index < -0.39 is 0 Å². The molecule has 6 heteroatoms. The molecule has 154 valence electrons. The number of nitrogens with two attached hydrogens (primary N) is 1. The molecule has 2 aromatic carbocycles. The standard InChI is InChI=1S/C23H28N2O4/c1-14(2)17(23(26)15-6-7-18(24)19(11-15)25(3)4)10-16-12-21-22(13-20(16)27-5)29-9-8-28-21/h6-7,10-14H,8-9,24H2,1-5H3/b17-10+. The van der Waals surface area contributed by atoms with Crippen LogP contribution >= 0.6 is 0 Å². The number of rotatable bonds is 6. The van der Waals surface area contributed by atoms with Crippen LogP contribution in [0.2, 0.25) is 0 Å². The Morgan fingerprint density at radius 2 is 1.79 bits per heavy atom. The van der Waals surface area contributed by atoms with E-state index >= 15 is 0 Å². The van der Waals surface area contributed by atoms with Crippen molar-refractivity contribution in [3.05, 3.63) is 47.0 Å². The van der Waals surface area contributed by atoms with E-state index in [2.05, 4.69) is 0 Å². The summed E-state index contributed by atoms with van der Waals surface area (Å²) in [7, 11) is 5.40. The first-order valence-corrected chi connectivity index (χ1v) is 9.62. The number of methoxy groups -OCH3 is 1. The fraction of sp³-hybridized carbons (Fsp3) is 0.348. The van der Waals surface area contributed by atoms with Gasteiger partial charge < -0.3 is 24.8 Å². The van der Waals surface area contributed by atoms with Crippen molar-refractivity contribution in [1.82, 2.24) is 0 Å². The van der Waals surface area contributed by atoms with Crippen LogP contribution in [0.5, 0.6) is 17.2 Å². The summed E-state index contributed by atoms with van der Waals surface area (Å²) in [5.74, 6) is 1.91.